The Labute approximate surface area is 182 Å². The SMILES string of the molecule is COc1ccc(/C=C\C2NC(C(Cl)(Cl)Cl)NC(C(Cl)(Cl)Cl)N2)c(OC)c1. The van der Waals surface area contributed by atoms with Crippen molar-refractivity contribution < 1.29 is 9.47 Å². The van der Waals surface area contributed by atoms with E-state index in [9.17, 15) is 0 Å². The second kappa shape index (κ2) is 9.12. The topological polar surface area (TPSA) is 54.5 Å². The minimum atomic E-state index is -1.65. The van der Waals surface area contributed by atoms with Gasteiger partial charge in [-0.2, -0.15) is 0 Å². The van der Waals surface area contributed by atoms with E-state index >= 15 is 0 Å². The van der Waals surface area contributed by atoms with E-state index in [0.29, 0.717) is 11.5 Å². The summed E-state index contributed by atoms with van der Waals surface area (Å²) in [4.78, 5) is 0. The quantitative estimate of drug-likeness (QED) is 0.560. The van der Waals surface area contributed by atoms with Gasteiger partial charge in [0.15, 0.2) is 0 Å². The van der Waals surface area contributed by atoms with Crippen molar-refractivity contribution in [1.29, 1.82) is 0 Å². The Kier molecular flexibility index (Phi) is 7.88. The van der Waals surface area contributed by atoms with Crippen molar-refractivity contribution in [3.8, 4) is 11.5 Å². The van der Waals surface area contributed by atoms with Crippen LogP contribution in [0.2, 0.25) is 0 Å². The Bertz CT molecular complexity index is 625. The Morgan fingerprint density at radius 1 is 0.885 bits per heavy atom. The first-order chi connectivity index (χ1) is 12.0. The van der Waals surface area contributed by atoms with E-state index in [1.165, 1.54) is 0 Å². The third kappa shape index (κ3) is 6.09. The van der Waals surface area contributed by atoms with Gasteiger partial charge in [-0.05, 0) is 12.1 Å². The molecule has 2 rings (SSSR count). The zero-order chi connectivity index (χ0) is 19.5. The van der Waals surface area contributed by atoms with E-state index in [-0.39, 0.29) is 0 Å². The molecule has 1 heterocycles. The van der Waals surface area contributed by atoms with Crippen molar-refractivity contribution in [3.63, 3.8) is 0 Å². The van der Waals surface area contributed by atoms with Crippen LogP contribution in [-0.2, 0) is 0 Å². The van der Waals surface area contributed by atoms with E-state index in [4.69, 9.17) is 79.1 Å². The molecular formula is C15H17Cl6N3O2. The largest absolute Gasteiger partial charge is 0.497 e. The van der Waals surface area contributed by atoms with Gasteiger partial charge in [0.1, 0.15) is 23.8 Å². The van der Waals surface area contributed by atoms with Crippen molar-refractivity contribution in [2.45, 2.75) is 26.1 Å². The molecule has 2 atom stereocenters. The van der Waals surface area contributed by atoms with Gasteiger partial charge in [-0.25, -0.2) is 0 Å². The molecule has 1 aliphatic rings. The lowest BCUT2D eigenvalue weighted by atomic mass is 10.1. The molecule has 2 unspecified atom stereocenters. The molecular weight excluding hydrogens is 467 g/mol. The summed E-state index contributed by atoms with van der Waals surface area (Å²) >= 11 is 35.9. The van der Waals surface area contributed by atoms with E-state index in [0.717, 1.165) is 5.56 Å². The van der Waals surface area contributed by atoms with Crippen LogP contribution in [-0.4, -0.2) is 40.3 Å². The molecule has 0 bridgehead atoms. The highest BCUT2D eigenvalue weighted by atomic mass is 35.6. The normalized spacial score (nSPS) is 24.7. The minimum Gasteiger partial charge on any atom is -0.497 e. The fourth-order valence-corrected chi connectivity index (χ4v) is 3.07. The van der Waals surface area contributed by atoms with Crippen molar-refractivity contribution >= 4 is 75.7 Å². The summed E-state index contributed by atoms with van der Waals surface area (Å²) in [6.45, 7) is 0. The van der Waals surface area contributed by atoms with Crippen LogP contribution in [0, 0.1) is 0 Å². The van der Waals surface area contributed by atoms with E-state index in [1.807, 2.05) is 18.2 Å². The second-order valence-corrected chi connectivity index (χ2v) is 10.1. The first-order valence-electron chi connectivity index (χ1n) is 7.36. The summed E-state index contributed by atoms with van der Waals surface area (Å²) in [6, 6.07) is 5.45. The van der Waals surface area contributed by atoms with Gasteiger partial charge in [0.2, 0.25) is 7.59 Å². The number of hydrogen-bond donors (Lipinski definition) is 3. The van der Waals surface area contributed by atoms with E-state index < -0.39 is 26.1 Å². The average molecular weight is 484 g/mol. The van der Waals surface area contributed by atoms with Crippen molar-refractivity contribution in [1.82, 2.24) is 16.0 Å². The second-order valence-electron chi connectivity index (χ2n) is 5.39. The van der Waals surface area contributed by atoms with Gasteiger partial charge in [0, 0.05) is 11.6 Å². The Hall–Kier alpha value is 0.180. The lowest BCUT2D eigenvalue weighted by Crippen LogP contribution is -2.72. The molecule has 1 aromatic carbocycles. The number of alkyl halides is 6. The highest BCUT2D eigenvalue weighted by Crippen LogP contribution is 2.35. The van der Waals surface area contributed by atoms with Gasteiger partial charge in [0.25, 0.3) is 0 Å². The summed E-state index contributed by atoms with van der Waals surface area (Å²) in [6.07, 6.45) is 1.70. The standard InChI is InChI=1S/C15H17Cl6N3O2/c1-25-9-5-3-8(10(7-9)26-2)4-6-11-22-12(14(16,17)18)24-13(23-11)15(19,20)21/h3-7,11-13,22-24H,1-2H3/b6-4-. The number of hydrogen-bond acceptors (Lipinski definition) is 5. The molecule has 1 aliphatic heterocycles. The monoisotopic (exact) mass is 481 g/mol. The summed E-state index contributed by atoms with van der Waals surface area (Å²) < 4.78 is 7.25. The Balaban J connectivity index is 2.22. The number of nitrogens with one attached hydrogen (secondary N) is 3. The van der Waals surface area contributed by atoms with Crippen LogP contribution < -0.4 is 25.4 Å². The molecule has 0 radical (unpaired) electrons. The smallest absolute Gasteiger partial charge is 0.218 e. The van der Waals surface area contributed by atoms with Crippen LogP contribution in [0.1, 0.15) is 5.56 Å². The van der Waals surface area contributed by atoms with Crippen LogP contribution in [0.3, 0.4) is 0 Å². The number of methoxy groups -OCH3 is 2. The first-order valence-corrected chi connectivity index (χ1v) is 9.63. The van der Waals surface area contributed by atoms with Crippen LogP contribution in [0.5, 0.6) is 11.5 Å². The van der Waals surface area contributed by atoms with Crippen LogP contribution in [0.4, 0.5) is 0 Å². The van der Waals surface area contributed by atoms with Gasteiger partial charge in [-0.15, -0.1) is 0 Å². The van der Waals surface area contributed by atoms with Crippen molar-refractivity contribution in [2.75, 3.05) is 14.2 Å². The molecule has 0 saturated carbocycles. The maximum Gasteiger partial charge on any atom is 0.218 e. The molecule has 1 saturated heterocycles. The molecule has 3 N–H and O–H groups in total. The molecule has 0 aliphatic carbocycles. The predicted octanol–water partition coefficient (Wildman–Crippen LogP) is 4.22. The molecule has 0 amide bonds. The number of benzene rings is 1. The fraction of sp³-hybridized carbons (Fsp3) is 0.467. The molecule has 0 aromatic heterocycles. The molecule has 0 spiro atoms. The van der Waals surface area contributed by atoms with E-state index in [2.05, 4.69) is 16.0 Å². The first kappa shape index (κ1) is 22.5. The van der Waals surface area contributed by atoms with Gasteiger partial charge in [-0.3, -0.25) is 16.0 Å². The molecule has 5 nitrogen and oxygen atoms in total. The maximum atomic E-state index is 5.98. The number of rotatable bonds is 4. The van der Waals surface area contributed by atoms with Crippen molar-refractivity contribution in [3.05, 3.63) is 29.8 Å². The molecule has 146 valence electrons. The summed E-state index contributed by atoms with van der Waals surface area (Å²) in [5.41, 5.74) is 0.825. The third-order valence-corrected chi connectivity index (χ3v) is 4.90. The summed E-state index contributed by atoms with van der Waals surface area (Å²) in [5, 5.41) is 9.07. The zero-order valence-corrected chi connectivity index (χ0v) is 18.2. The van der Waals surface area contributed by atoms with Crippen molar-refractivity contribution in [2.24, 2.45) is 0 Å². The minimum absolute atomic E-state index is 0.440. The lowest BCUT2D eigenvalue weighted by molar-refractivity contribution is 0.228. The van der Waals surface area contributed by atoms with Gasteiger partial charge in [0.05, 0.1) is 20.4 Å². The van der Waals surface area contributed by atoms with Crippen LogP contribution >= 0.6 is 69.6 Å². The van der Waals surface area contributed by atoms with Crippen LogP contribution in [0.15, 0.2) is 24.3 Å². The lowest BCUT2D eigenvalue weighted by Gasteiger charge is -2.42. The number of halogens is 6. The summed E-state index contributed by atoms with van der Waals surface area (Å²) in [7, 11) is 3.16. The molecule has 11 heteroatoms. The highest BCUT2D eigenvalue weighted by molar-refractivity contribution is 6.68. The Morgan fingerprint density at radius 3 is 1.92 bits per heavy atom. The molecule has 1 aromatic rings. The maximum absolute atomic E-state index is 5.98. The fourth-order valence-electron chi connectivity index (χ4n) is 2.32. The zero-order valence-electron chi connectivity index (χ0n) is 13.7. The summed E-state index contributed by atoms with van der Waals surface area (Å²) in [5.74, 6) is 1.33. The Morgan fingerprint density at radius 2 is 1.46 bits per heavy atom. The molecule has 1 fully saturated rings. The van der Waals surface area contributed by atoms with Gasteiger partial charge >= 0.3 is 0 Å². The highest BCUT2D eigenvalue weighted by Gasteiger charge is 2.44. The number of ether oxygens (including phenoxy) is 2. The predicted molar refractivity (Wildman–Crippen MR) is 110 cm³/mol. The van der Waals surface area contributed by atoms with Gasteiger partial charge < -0.3 is 9.47 Å². The average Bonchev–Trinajstić information content (AvgIpc) is 2.58. The van der Waals surface area contributed by atoms with Crippen LogP contribution in [0.25, 0.3) is 6.08 Å². The molecule has 26 heavy (non-hydrogen) atoms. The van der Waals surface area contributed by atoms with E-state index in [1.54, 1.807) is 26.4 Å². The van der Waals surface area contributed by atoms with Gasteiger partial charge in [-0.1, -0.05) is 81.8 Å². The third-order valence-electron chi connectivity index (χ3n) is 3.59.